The Morgan fingerprint density at radius 1 is 1.47 bits per heavy atom. The SMILES string of the molecule is COC(=O)CC1CCC2(CCNCC2)O1. The summed E-state index contributed by atoms with van der Waals surface area (Å²) >= 11 is 0. The maximum Gasteiger partial charge on any atom is 0.308 e. The van der Waals surface area contributed by atoms with E-state index in [1.54, 1.807) is 0 Å². The van der Waals surface area contributed by atoms with Crippen LogP contribution in [0.4, 0.5) is 0 Å². The van der Waals surface area contributed by atoms with Gasteiger partial charge in [-0.15, -0.1) is 0 Å². The number of methoxy groups -OCH3 is 1. The van der Waals surface area contributed by atoms with Crippen molar-refractivity contribution in [2.45, 2.75) is 43.8 Å². The molecule has 0 aromatic carbocycles. The van der Waals surface area contributed by atoms with Crippen molar-refractivity contribution >= 4 is 5.97 Å². The number of rotatable bonds is 2. The molecule has 86 valence electrons. The van der Waals surface area contributed by atoms with Gasteiger partial charge in [0, 0.05) is 0 Å². The molecule has 2 rings (SSSR count). The quantitative estimate of drug-likeness (QED) is 0.691. The van der Waals surface area contributed by atoms with E-state index in [0.717, 1.165) is 38.8 Å². The summed E-state index contributed by atoms with van der Waals surface area (Å²) in [5.41, 5.74) is 0.0595. The summed E-state index contributed by atoms with van der Waals surface area (Å²) in [5, 5.41) is 3.33. The highest BCUT2D eigenvalue weighted by Gasteiger charge is 2.41. The molecule has 0 aromatic rings. The van der Waals surface area contributed by atoms with Crippen molar-refractivity contribution in [3.8, 4) is 0 Å². The van der Waals surface area contributed by atoms with Crippen molar-refractivity contribution in [2.24, 2.45) is 0 Å². The summed E-state index contributed by atoms with van der Waals surface area (Å²) < 4.78 is 10.7. The lowest BCUT2D eigenvalue weighted by Gasteiger charge is -2.33. The number of carbonyl (C=O) groups excluding carboxylic acids is 1. The van der Waals surface area contributed by atoms with Crippen LogP contribution >= 0.6 is 0 Å². The number of esters is 1. The third-order valence-electron chi connectivity index (χ3n) is 3.48. The summed E-state index contributed by atoms with van der Waals surface area (Å²) in [6.45, 7) is 2.07. The molecule has 0 saturated carbocycles. The molecule has 2 fully saturated rings. The van der Waals surface area contributed by atoms with Gasteiger partial charge in [0.1, 0.15) is 0 Å². The second kappa shape index (κ2) is 4.49. The number of piperidine rings is 1. The maximum atomic E-state index is 11.1. The van der Waals surface area contributed by atoms with Crippen LogP contribution in [0.2, 0.25) is 0 Å². The van der Waals surface area contributed by atoms with Gasteiger partial charge in [0.25, 0.3) is 0 Å². The summed E-state index contributed by atoms with van der Waals surface area (Å²) in [6, 6.07) is 0. The maximum absolute atomic E-state index is 11.1. The summed E-state index contributed by atoms with van der Waals surface area (Å²) in [5.74, 6) is -0.161. The Morgan fingerprint density at radius 2 is 2.20 bits per heavy atom. The largest absolute Gasteiger partial charge is 0.469 e. The summed E-state index contributed by atoms with van der Waals surface area (Å²) in [6.07, 6.45) is 4.72. The molecule has 0 aromatic heterocycles. The highest BCUT2D eigenvalue weighted by molar-refractivity contribution is 5.69. The van der Waals surface area contributed by atoms with Crippen molar-refractivity contribution < 1.29 is 14.3 Å². The molecule has 4 nitrogen and oxygen atoms in total. The number of nitrogens with one attached hydrogen (secondary N) is 1. The first kappa shape index (κ1) is 10.9. The second-order valence-corrected chi connectivity index (χ2v) is 4.49. The standard InChI is InChI=1S/C11H19NO3/c1-14-10(13)8-9-2-3-11(15-9)4-6-12-7-5-11/h9,12H,2-8H2,1H3. The van der Waals surface area contributed by atoms with E-state index in [0.29, 0.717) is 6.42 Å². The minimum absolute atomic E-state index is 0.0595. The number of carbonyl (C=O) groups is 1. The van der Waals surface area contributed by atoms with Gasteiger partial charge in [0.05, 0.1) is 25.2 Å². The molecule has 2 aliphatic heterocycles. The molecule has 1 spiro atoms. The van der Waals surface area contributed by atoms with E-state index in [9.17, 15) is 4.79 Å². The van der Waals surface area contributed by atoms with Crippen LogP contribution < -0.4 is 5.32 Å². The fourth-order valence-corrected chi connectivity index (χ4v) is 2.56. The molecular weight excluding hydrogens is 194 g/mol. The van der Waals surface area contributed by atoms with Gasteiger partial charge in [-0.25, -0.2) is 0 Å². The van der Waals surface area contributed by atoms with Gasteiger partial charge < -0.3 is 14.8 Å². The Bertz CT molecular complexity index is 236. The zero-order chi connectivity index (χ0) is 10.7. The van der Waals surface area contributed by atoms with E-state index in [1.807, 2.05) is 0 Å². The molecule has 0 bridgehead atoms. The number of ether oxygens (including phenoxy) is 2. The van der Waals surface area contributed by atoms with E-state index in [2.05, 4.69) is 10.1 Å². The first-order valence-electron chi connectivity index (χ1n) is 5.69. The van der Waals surface area contributed by atoms with Gasteiger partial charge in [0.2, 0.25) is 0 Å². The Balaban J connectivity index is 1.85. The van der Waals surface area contributed by atoms with Gasteiger partial charge in [0.15, 0.2) is 0 Å². The van der Waals surface area contributed by atoms with Crippen molar-refractivity contribution in [2.75, 3.05) is 20.2 Å². The lowest BCUT2D eigenvalue weighted by atomic mass is 9.89. The smallest absolute Gasteiger partial charge is 0.308 e. The highest BCUT2D eigenvalue weighted by atomic mass is 16.5. The number of hydrogen-bond donors (Lipinski definition) is 1. The molecule has 1 atom stereocenters. The van der Waals surface area contributed by atoms with Crippen LogP contribution in [0.25, 0.3) is 0 Å². The molecule has 0 radical (unpaired) electrons. The van der Waals surface area contributed by atoms with Crippen LogP contribution in [0.5, 0.6) is 0 Å². The lowest BCUT2D eigenvalue weighted by Crippen LogP contribution is -2.42. The molecule has 2 heterocycles. The molecule has 15 heavy (non-hydrogen) atoms. The highest BCUT2D eigenvalue weighted by Crippen LogP contribution is 2.38. The number of hydrogen-bond acceptors (Lipinski definition) is 4. The fourth-order valence-electron chi connectivity index (χ4n) is 2.56. The van der Waals surface area contributed by atoms with Crippen LogP contribution in [-0.4, -0.2) is 37.9 Å². The monoisotopic (exact) mass is 213 g/mol. The van der Waals surface area contributed by atoms with E-state index >= 15 is 0 Å². The van der Waals surface area contributed by atoms with E-state index < -0.39 is 0 Å². The van der Waals surface area contributed by atoms with Crippen LogP contribution in [0, 0.1) is 0 Å². The predicted octanol–water partition coefficient (Wildman–Crippen LogP) is 0.851. The topological polar surface area (TPSA) is 47.6 Å². The Labute approximate surface area is 90.3 Å². The summed E-state index contributed by atoms with van der Waals surface area (Å²) in [7, 11) is 1.43. The average molecular weight is 213 g/mol. The fraction of sp³-hybridized carbons (Fsp3) is 0.909. The molecular formula is C11H19NO3. The van der Waals surface area contributed by atoms with Gasteiger partial charge in [-0.05, 0) is 38.8 Å². The van der Waals surface area contributed by atoms with Crippen molar-refractivity contribution in [3.05, 3.63) is 0 Å². The van der Waals surface area contributed by atoms with Crippen LogP contribution in [0.1, 0.15) is 32.1 Å². The first-order valence-corrected chi connectivity index (χ1v) is 5.69. The van der Waals surface area contributed by atoms with Crippen LogP contribution in [0.15, 0.2) is 0 Å². The van der Waals surface area contributed by atoms with Crippen molar-refractivity contribution in [1.29, 1.82) is 0 Å². The molecule has 2 aliphatic rings. The third kappa shape index (κ3) is 2.49. The van der Waals surface area contributed by atoms with Crippen molar-refractivity contribution in [1.82, 2.24) is 5.32 Å². The third-order valence-corrected chi connectivity index (χ3v) is 3.48. The molecule has 0 aliphatic carbocycles. The van der Waals surface area contributed by atoms with E-state index in [4.69, 9.17) is 4.74 Å². The van der Waals surface area contributed by atoms with Gasteiger partial charge >= 0.3 is 5.97 Å². The summed E-state index contributed by atoms with van der Waals surface area (Å²) in [4.78, 5) is 11.1. The van der Waals surface area contributed by atoms with Crippen LogP contribution in [0.3, 0.4) is 0 Å². The average Bonchev–Trinajstić information content (AvgIpc) is 2.62. The molecule has 1 unspecified atom stereocenters. The molecule has 0 amide bonds. The Hall–Kier alpha value is -0.610. The predicted molar refractivity (Wildman–Crippen MR) is 55.6 cm³/mol. The zero-order valence-electron chi connectivity index (χ0n) is 9.25. The first-order chi connectivity index (χ1) is 7.24. The van der Waals surface area contributed by atoms with Crippen LogP contribution in [-0.2, 0) is 14.3 Å². The molecule has 4 heteroatoms. The van der Waals surface area contributed by atoms with Gasteiger partial charge in [-0.3, -0.25) is 4.79 Å². The minimum Gasteiger partial charge on any atom is -0.469 e. The second-order valence-electron chi connectivity index (χ2n) is 4.49. The van der Waals surface area contributed by atoms with Crippen molar-refractivity contribution in [3.63, 3.8) is 0 Å². The molecule has 2 saturated heterocycles. The Kier molecular flexibility index (Phi) is 3.26. The van der Waals surface area contributed by atoms with E-state index in [1.165, 1.54) is 7.11 Å². The van der Waals surface area contributed by atoms with Gasteiger partial charge in [-0.1, -0.05) is 0 Å². The Morgan fingerprint density at radius 3 is 2.87 bits per heavy atom. The lowest BCUT2D eigenvalue weighted by molar-refractivity contribution is -0.145. The van der Waals surface area contributed by atoms with E-state index in [-0.39, 0.29) is 17.7 Å². The molecule has 1 N–H and O–H groups in total. The minimum atomic E-state index is -0.161. The zero-order valence-corrected chi connectivity index (χ0v) is 9.25. The normalized spacial score (nSPS) is 29.3. The van der Waals surface area contributed by atoms with Gasteiger partial charge in [-0.2, -0.15) is 0 Å².